The summed E-state index contributed by atoms with van der Waals surface area (Å²) < 4.78 is 0. The standard InChI is InChI=1S/C42H30/c1-4-14-31(15-5-1)24-27-34-30-41-38-22-11-10-20-36(38)37-21-12-13-23-39(37)42(41)40(29-26-33-18-8-3-9-19-33)35(34)28-25-32-16-6-2-7-17-32/h1-30H. The molecule has 0 heteroatoms. The van der Waals surface area contributed by atoms with Crippen LogP contribution in [0.5, 0.6) is 0 Å². The molecule has 0 heterocycles. The SMILES string of the molecule is C(=Cc1cc2c3ccccc3c3ccccc3c2c(C=Cc2ccccc2)c1C=Cc1ccccc1)c1ccccc1. The Hall–Kier alpha value is -5.46. The van der Waals surface area contributed by atoms with Crippen molar-refractivity contribution in [3.8, 4) is 0 Å². The zero-order valence-corrected chi connectivity index (χ0v) is 23.3. The quantitative estimate of drug-likeness (QED) is 0.147. The first-order chi connectivity index (χ1) is 20.8. The van der Waals surface area contributed by atoms with Gasteiger partial charge >= 0.3 is 0 Å². The molecule has 0 fully saturated rings. The summed E-state index contributed by atoms with van der Waals surface area (Å²) in [6, 6.07) is 51.7. The number of fused-ring (bicyclic) bond motifs is 6. The number of hydrogen-bond donors (Lipinski definition) is 0. The fraction of sp³-hybridized carbons (Fsp3) is 0. The van der Waals surface area contributed by atoms with Gasteiger partial charge in [-0.25, -0.2) is 0 Å². The Labute approximate surface area is 247 Å². The molecule has 198 valence electrons. The van der Waals surface area contributed by atoms with Crippen LogP contribution in [0.25, 0.3) is 68.8 Å². The summed E-state index contributed by atoms with van der Waals surface area (Å²) in [6.07, 6.45) is 13.5. The van der Waals surface area contributed by atoms with Gasteiger partial charge in [0.25, 0.3) is 0 Å². The van der Waals surface area contributed by atoms with Crippen LogP contribution < -0.4 is 0 Å². The lowest BCUT2D eigenvalue weighted by atomic mass is 9.86. The molecule has 0 aliphatic heterocycles. The molecule has 0 saturated heterocycles. The molecule has 0 spiro atoms. The predicted molar refractivity (Wildman–Crippen MR) is 185 cm³/mol. The Balaban J connectivity index is 1.59. The fourth-order valence-corrected chi connectivity index (χ4v) is 5.87. The van der Waals surface area contributed by atoms with E-state index in [1.807, 2.05) is 0 Å². The summed E-state index contributed by atoms with van der Waals surface area (Å²) in [5.74, 6) is 0. The van der Waals surface area contributed by atoms with E-state index in [0.717, 1.165) is 0 Å². The van der Waals surface area contributed by atoms with Crippen molar-refractivity contribution in [3.05, 3.63) is 179 Å². The van der Waals surface area contributed by atoms with E-state index in [4.69, 9.17) is 0 Å². The van der Waals surface area contributed by atoms with Gasteiger partial charge in [0.2, 0.25) is 0 Å². The molecule has 0 N–H and O–H groups in total. The maximum atomic E-state index is 2.38. The van der Waals surface area contributed by atoms with Gasteiger partial charge in [0, 0.05) is 0 Å². The van der Waals surface area contributed by atoms with Gasteiger partial charge < -0.3 is 0 Å². The largest absolute Gasteiger partial charge is 0.0622 e. The lowest BCUT2D eigenvalue weighted by molar-refractivity contribution is 1.63. The molecule has 7 aromatic rings. The van der Waals surface area contributed by atoms with Crippen molar-refractivity contribution in [2.75, 3.05) is 0 Å². The number of hydrogen-bond acceptors (Lipinski definition) is 0. The third-order valence-corrected chi connectivity index (χ3v) is 7.88. The first kappa shape index (κ1) is 25.5. The maximum Gasteiger partial charge on any atom is -0.00199 e. The molecule has 0 aromatic heterocycles. The Morgan fingerprint density at radius 3 is 1.19 bits per heavy atom. The van der Waals surface area contributed by atoms with Crippen molar-refractivity contribution in [1.82, 2.24) is 0 Å². The molecule has 0 unspecified atom stereocenters. The van der Waals surface area contributed by atoms with Crippen LogP contribution in [-0.2, 0) is 0 Å². The summed E-state index contributed by atoms with van der Waals surface area (Å²) in [5.41, 5.74) is 7.15. The first-order valence-corrected chi connectivity index (χ1v) is 14.4. The van der Waals surface area contributed by atoms with Crippen LogP contribution in [0.15, 0.2) is 146 Å². The molecule has 0 amide bonds. The second kappa shape index (κ2) is 11.6. The average molecular weight is 535 g/mol. The van der Waals surface area contributed by atoms with Gasteiger partial charge in [-0.3, -0.25) is 0 Å². The van der Waals surface area contributed by atoms with E-state index in [-0.39, 0.29) is 0 Å². The molecule has 0 aliphatic carbocycles. The number of rotatable bonds is 6. The smallest absolute Gasteiger partial charge is 0.00199 e. The van der Waals surface area contributed by atoms with Crippen molar-refractivity contribution in [2.24, 2.45) is 0 Å². The van der Waals surface area contributed by atoms with E-state index in [0.29, 0.717) is 0 Å². The Bertz CT molecular complexity index is 2100. The van der Waals surface area contributed by atoms with Gasteiger partial charge in [-0.1, -0.05) is 176 Å². The summed E-state index contributed by atoms with van der Waals surface area (Å²) in [5, 5.41) is 7.65. The van der Waals surface area contributed by atoms with Gasteiger partial charge in [-0.15, -0.1) is 0 Å². The minimum absolute atomic E-state index is 1.18. The van der Waals surface area contributed by atoms with E-state index in [9.17, 15) is 0 Å². The first-order valence-electron chi connectivity index (χ1n) is 14.4. The maximum absolute atomic E-state index is 2.38. The Morgan fingerprint density at radius 1 is 0.286 bits per heavy atom. The van der Waals surface area contributed by atoms with Crippen LogP contribution >= 0.6 is 0 Å². The highest BCUT2D eigenvalue weighted by Crippen LogP contribution is 2.40. The minimum Gasteiger partial charge on any atom is -0.0622 e. The molecule has 0 saturated carbocycles. The van der Waals surface area contributed by atoms with Gasteiger partial charge in [0.15, 0.2) is 0 Å². The molecule has 0 radical (unpaired) electrons. The van der Waals surface area contributed by atoms with Crippen LogP contribution in [0.2, 0.25) is 0 Å². The van der Waals surface area contributed by atoms with Crippen LogP contribution in [0.1, 0.15) is 33.4 Å². The van der Waals surface area contributed by atoms with Gasteiger partial charge in [-0.2, -0.15) is 0 Å². The van der Waals surface area contributed by atoms with Crippen molar-refractivity contribution in [2.45, 2.75) is 0 Å². The second-order valence-corrected chi connectivity index (χ2v) is 10.5. The van der Waals surface area contributed by atoms with Crippen LogP contribution in [0.4, 0.5) is 0 Å². The van der Waals surface area contributed by atoms with Crippen molar-refractivity contribution in [1.29, 1.82) is 0 Å². The highest BCUT2D eigenvalue weighted by molar-refractivity contribution is 6.28. The second-order valence-electron chi connectivity index (χ2n) is 10.5. The van der Waals surface area contributed by atoms with E-state index < -0.39 is 0 Å². The number of benzene rings is 7. The van der Waals surface area contributed by atoms with E-state index in [1.54, 1.807) is 0 Å². The van der Waals surface area contributed by atoms with Crippen LogP contribution in [0, 0.1) is 0 Å². The molecule has 0 bridgehead atoms. The lowest BCUT2D eigenvalue weighted by Gasteiger charge is -2.17. The molecule has 0 nitrogen and oxygen atoms in total. The van der Waals surface area contributed by atoms with E-state index in [2.05, 4.69) is 182 Å². The molecule has 42 heavy (non-hydrogen) atoms. The molecular formula is C42H30. The molecule has 0 atom stereocenters. The zero-order valence-electron chi connectivity index (χ0n) is 23.3. The van der Waals surface area contributed by atoms with E-state index in [1.165, 1.54) is 65.7 Å². The third-order valence-electron chi connectivity index (χ3n) is 7.88. The van der Waals surface area contributed by atoms with Gasteiger partial charge in [0.1, 0.15) is 0 Å². The summed E-state index contributed by atoms with van der Waals surface area (Å²) in [6.45, 7) is 0. The third kappa shape index (κ3) is 5.07. The highest BCUT2D eigenvalue weighted by Gasteiger charge is 2.15. The normalized spacial score (nSPS) is 12.0. The van der Waals surface area contributed by atoms with Crippen LogP contribution in [-0.4, -0.2) is 0 Å². The molecule has 7 rings (SSSR count). The minimum atomic E-state index is 1.18. The van der Waals surface area contributed by atoms with E-state index >= 15 is 0 Å². The highest BCUT2D eigenvalue weighted by atomic mass is 14.2. The Morgan fingerprint density at radius 2 is 0.667 bits per heavy atom. The topological polar surface area (TPSA) is 0 Å². The van der Waals surface area contributed by atoms with Crippen molar-refractivity contribution in [3.63, 3.8) is 0 Å². The fourth-order valence-electron chi connectivity index (χ4n) is 5.87. The zero-order chi connectivity index (χ0) is 28.1. The van der Waals surface area contributed by atoms with Gasteiger partial charge in [0.05, 0.1) is 0 Å². The van der Waals surface area contributed by atoms with Crippen molar-refractivity contribution < 1.29 is 0 Å². The van der Waals surface area contributed by atoms with Gasteiger partial charge in [-0.05, 0) is 71.8 Å². The molecule has 0 aliphatic rings. The average Bonchev–Trinajstić information content (AvgIpc) is 3.07. The summed E-state index contributed by atoms with van der Waals surface area (Å²) >= 11 is 0. The predicted octanol–water partition coefficient (Wildman–Crippen LogP) is 11.7. The lowest BCUT2D eigenvalue weighted by Crippen LogP contribution is -1.93. The summed E-state index contributed by atoms with van der Waals surface area (Å²) in [4.78, 5) is 0. The summed E-state index contributed by atoms with van der Waals surface area (Å²) in [7, 11) is 0. The van der Waals surface area contributed by atoms with Crippen molar-refractivity contribution >= 4 is 68.8 Å². The monoisotopic (exact) mass is 534 g/mol. The van der Waals surface area contributed by atoms with Crippen LogP contribution in [0.3, 0.4) is 0 Å². The molecular weight excluding hydrogens is 504 g/mol. The molecule has 7 aromatic carbocycles. The Kier molecular flexibility index (Phi) is 7.02.